The van der Waals surface area contributed by atoms with E-state index in [-0.39, 0.29) is 23.8 Å². The SMILES string of the molecule is O=C(Cc1ccccc1C(=O)O)Nc1n[nH]c(-c2cccs2)n1. The number of nitrogens with zero attached hydrogens (tertiary/aromatic N) is 2. The molecule has 0 atom stereocenters. The van der Waals surface area contributed by atoms with Crippen LogP contribution < -0.4 is 5.32 Å². The fourth-order valence-electron chi connectivity index (χ4n) is 2.07. The van der Waals surface area contributed by atoms with E-state index in [9.17, 15) is 9.59 Å². The van der Waals surface area contributed by atoms with Gasteiger partial charge in [0.25, 0.3) is 0 Å². The molecule has 116 valence electrons. The van der Waals surface area contributed by atoms with E-state index < -0.39 is 5.97 Å². The number of aromatic nitrogens is 3. The van der Waals surface area contributed by atoms with Gasteiger partial charge in [0.1, 0.15) is 0 Å². The monoisotopic (exact) mass is 328 g/mol. The van der Waals surface area contributed by atoms with Crippen molar-refractivity contribution < 1.29 is 14.7 Å². The third-order valence-electron chi connectivity index (χ3n) is 3.09. The lowest BCUT2D eigenvalue weighted by Gasteiger charge is -2.05. The first-order valence-electron chi connectivity index (χ1n) is 6.71. The summed E-state index contributed by atoms with van der Waals surface area (Å²) < 4.78 is 0. The van der Waals surface area contributed by atoms with Crippen LogP contribution in [0.15, 0.2) is 41.8 Å². The van der Waals surface area contributed by atoms with Gasteiger partial charge in [-0.05, 0) is 23.1 Å². The molecule has 2 heterocycles. The van der Waals surface area contributed by atoms with E-state index in [0.717, 1.165) is 4.88 Å². The Morgan fingerprint density at radius 1 is 1.22 bits per heavy atom. The molecule has 0 aliphatic carbocycles. The Morgan fingerprint density at radius 3 is 2.78 bits per heavy atom. The summed E-state index contributed by atoms with van der Waals surface area (Å²) in [5, 5.41) is 20.3. The van der Waals surface area contributed by atoms with Crippen molar-refractivity contribution in [2.75, 3.05) is 5.32 Å². The van der Waals surface area contributed by atoms with Crippen LogP contribution in [0.3, 0.4) is 0 Å². The van der Waals surface area contributed by atoms with Crippen LogP contribution in [0.4, 0.5) is 5.95 Å². The average molecular weight is 328 g/mol. The van der Waals surface area contributed by atoms with Crippen molar-refractivity contribution in [1.82, 2.24) is 15.2 Å². The lowest BCUT2D eigenvalue weighted by molar-refractivity contribution is -0.115. The van der Waals surface area contributed by atoms with Crippen molar-refractivity contribution in [2.45, 2.75) is 6.42 Å². The number of thiophene rings is 1. The Labute approximate surface area is 135 Å². The molecule has 23 heavy (non-hydrogen) atoms. The van der Waals surface area contributed by atoms with Crippen molar-refractivity contribution in [3.8, 4) is 10.7 Å². The van der Waals surface area contributed by atoms with Gasteiger partial charge in [0.15, 0.2) is 5.82 Å². The Bertz CT molecular complexity index is 842. The Hall–Kier alpha value is -3.00. The summed E-state index contributed by atoms with van der Waals surface area (Å²) in [5.41, 5.74) is 0.545. The van der Waals surface area contributed by atoms with E-state index in [4.69, 9.17) is 5.11 Å². The second-order valence-electron chi connectivity index (χ2n) is 4.67. The molecule has 1 aromatic carbocycles. The summed E-state index contributed by atoms with van der Waals surface area (Å²) in [6, 6.07) is 10.2. The number of hydrogen-bond acceptors (Lipinski definition) is 5. The van der Waals surface area contributed by atoms with Crippen LogP contribution in [0.1, 0.15) is 15.9 Å². The third kappa shape index (κ3) is 3.43. The van der Waals surface area contributed by atoms with Gasteiger partial charge in [-0.3, -0.25) is 15.2 Å². The highest BCUT2D eigenvalue weighted by Crippen LogP contribution is 2.21. The molecule has 8 heteroatoms. The molecule has 0 aliphatic rings. The number of carbonyl (C=O) groups is 2. The lowest BCUT2D eigenvalue weighted by Crippen LogP contribution is -2.17. The summed E-state index contributed by atoms with van der Waals surface area (Å²) in [5.74, 6) is -0.714. The van der Waals surface area contributed by atoms with E-state index in [0.29, 0.717) is 11.4 Å². The van der Waals surface area contributed by atoms with Gasteiger partial charge in [0.2, 0.25) is 11.9 Å². The Balaban J connectivity index is 1.70. The second-order valence-corrected chi connectivity index (χ2v) is 5.62. The summed E-state index contributed by atoms with van der Waals surface area (Å²) >= 11 is 1.50. The molecule has 0 fully saturated rings. The molecule has 0 bridgehead atoms. The van der Waals surface area contributed by atoms with Gasteiger partial charge >= 0.3 is 5.97 Å². The van der Waals surface area contributed by atoms with Crippen molar-refractivity contribution >= 4 is 29.2 Å². The Kier molecular flexibility index (Phi) is 4.15. The number of rotatable bonds is 5. The zero-order valence-corrected chi connectivity index (χ0v) is 12.6. The van der Waals surface area contributed by atoms with E-state index in [1.54, 1.807) is 18.2 Å². The number of carbonyl (C=O) groups excluding carboxylic acids is 1. The highest BCUT2D eigenvalue weighted by atomic mass is 32.1. The molecule has 0 spiro atoms. The zero-order chi connectivity index (χ0) is 16.2. The van der Waals surface area contributed by atoms with Crippen LogP contribution in [-0.2, 0) is 11.2 Å². The number of amides is 1. The maximum absolute atomic E-state index is 12.1. The topological polar surface area (TPSA) is 108 Å². The van der Waals surface area contributed by atoms with Crippen LogP contribution in [0.2, 0.25) is 0 Å². The van der Waals surface area contributed by atoms with E-state index in [1.807, 2.05) is 17.5 Å². The van der Waals surface area contributed by atoms with Gasteiger partial charge in [0, 0.05) is 0 Å². The first-order chi connectivity index (χ1) is 11.1. The van der Waals surface area contributed by atoms with Gasteiger partial charge in [-0.15, -0.1) is 16.4 Å². The number of carboxylic acid groups (broad SMARTS) is 1. The first-order valence-corrected chi connectivity index (χ1v) is 7.59. The largest absolute Gasteiger partial charge is 0.478 e. The molecule has 0 saturated carbocycles. The zero-order valence-electron chi connectivity index (χ0n) is 11.8. The highest BCUT2D eigenvalue weighted by molar-refractivity contribution is 7.13. The predicted octanol–water partition coefficient (Wildman–Crippen LogP) is 2.41. The highest BCUT2D eigenvalue weighted by Gasteiger charge is 2.14. The standard InChI is InChI=1S/C15H12N4O3S/c20-12(8-9-4-1-2-5-10(9)14(21)22)16-15-17-13(18-19-15)11-6-3-7-23-11/h1-7H,8H2,(H,21,22)(H2,16,17,18,19,20). The van der Waals surface area contributed by atoms with E-state index >= 15 is 0 Å². The number of anilines is 1. The summed E-state index contributed by atoms with van der Waals surface area (Å²) in [6.45, 7) is 0. The molecular weight excluding hydrogens is 316 g/mol. The maximum atomic E-state index is 12.1. The number of hydrogen-bond donors (Lipinski definition) is 3. The number of nitrogens with one attached hydrogen (secondary N) is 2. The number of H-pyrrole nitrogens is 1. The molecular formula is C15H12N4O3S. The van der Waals surface area contributed by atoms with Crippen molar-refractivity contribution in [3.63, 3.8) is 0 Å². The van der Waals surface area contributed by atoms with Crippen molar-refractivity contribution in [1.29, 1.82) is 0 Å². The molecule has 3 rings (SSSR count). The fourth-order valence-corrected chi connectivity index (χ4v) is 2.73. The molecule has 7 nitrogen and oxygen atoms in total. The predicted molar refractivity (Wildman–Crippen MR) is 85.4 cm³/mol. The minimum atomic E-state index is -1.06. The molecule has 1 amide bonds. The molecule has 0 saturated heterocycles. The molecule has 2 aromatic heterocycles. The molecule has 0 radical (unpaired) electrons. The van der Waals surface area contributed by atoms with Crippen LogP contribution >= 0.6 is 11.3 Å². The number of benzene rings is 1. The van der Waals surface area contributed by atoms with Crippen LogP contribution in [0.25, 0.3) is 10.7 Å². The minimum Gasteiger partial charge on any atom is -0.478 e. The quantitative estimate of drug-likeness (QED) is 0.666. The van der Waals surface area contributed by atoms with Crippen LogP contribution in [-0.4, -0.2) is 32.2 Å². The average Bonchev–Trinajstić information content (AvgIpc) is 3.18. The van der Waals surface area contributed by atoms with E-state index in [1.165, 1.54) is 17.4 Å². The lowest BCUT2D eigenvalue weighted by atomic mass is 10.0. The third-order valence-corrected chi connectivity index (χ3v) is 3.97. The smallest absolute Gasteiger partial charge is 0.335 e. The van der Waals surface area contributed by atoms with Gasteiger partial charge in [-0.25, -0.2) is 4.79 Å². The fraction of sp³-hybridized carbons (Fsp3) is 0.0667. The number of aromatic carboxylic acids is 1. The number of aromatic amines is 1. The minimum absolute atomic E-state index is 0.0641. The normalized spacial score (nSPS) is 10.4. The first kappa shape index (κ1) is 14.9. The van der Waals surface area contributed by atoms with Crippen molar-refractivity contribution in [2.24, 2.45) is 0 Å². The molecule has 3 aromatic rings. The molecule has 0 unspecified atom stereocenters. The summed E-state index contributed by atoms with van der Waals surface area (Å²) in [7, 11) is 0. The van der Waals surface area contributed by atoms with E-state index in [2.05, 4.69) is 20.5 Å². The van der Waals surface area contributed by atoms with Gasteiger partial charge in [-0.1, -0.05) is 24.3 Å². The van der Waals surface area contributed by atoms with Gasteiger partial charge in [0.05, 0.1) is 16.9 Å². The summed E-state index contributed by atoms with van der Waals surface area (Å²) in [4.78, 5) is 28.3. The van der Waals surface area contributed by atoms with Crippen LogP contribution in [0, 0.1) is 0 Å². The van der Waals surface area contributed by atoms with Gasteiger partial charge in [-0.2, -0.15) is 4.98 Å². The number of carboxylic acids is 1. The molecule has 3 N–H and O–H groups in total. The Morgan fingerprint density at radius 2 is 2.04 bits per heavy atom. The second kappa shape index (κ2) is 6.41. The van der Waals surface area contributed by atoms with Gasteiger partial charge < -0.3 is 5.11 Å². The summed E-state index contributed by atoms with van der Waals surface area (Å²) in [6.07, 6.45) is -0.0641. The van der Waals surface area contributed by atoms with Crippen molar-refractivity contribution in [3.05, 3.63) is 52.9 Å². The maximum Gasteiger partial charge on any atom is 0.335 e. The molecule has 0 aliphatic heterocycles. The van der Waals surface area contributed by atoms with Crippen LogP contribution in [0.5, 0.6) is 0 Å².